The van der Waals surface area contributed by atoms with Crippen LogP contribution >= 0.6 is 0 Å². The molecule has 1 saturated heterocycles. The summed E-state index contributed by atoms with van der Waals surface area (Å²) in [5.41, 5.74) is 0.471. The van der Waals surface area contributed by atoms with E-state index in [0.29, 0.717) is 18.8 Å². The number of nitrogens with zero attached hydrogens (tertiary/aromatic N) is 1. The molecule has 2 atom stereocenters. The number of para-hydroxylation sites is 1. The third-order valence-corrected chi connectivity index (χ3v) is 6.57. The highest BCUT2D eigenvalue weighted by Gasteiger charge is 2.31. The molecule has 2 unspecified atom stereocenters. The number of hydrogen-bond acceptors (Lipinski definition) is 8. The first-order valence-corrected chi connectivity index (χ1v) is 12.9. The molecule has 0 aliphatic carbocycles. The molecule has 1 heterocycles. The third kappa shape index (κ3) is 8.89. The Morgan fingerprint density at radius 2 is 1.59 bits per heavy atom. The molecule has 0 radical (unpaired) electrons. The van der Waals surface area contributed by atoms with E-state index in [4.69, 9.17) is 19.6 Å². The normalized spacial score (nSPS) is 15.3. The molecule has 1 N–H and O–H groups in total. The van der Waals surface area contributed by atoms with Gasteiger partial charge in [0.1, 0.15) is 29.2 Å². The highest BCUT2D eigenvalue weighted by molar-refractivity contribution is 6.39. The molecule has 0 bridgehead atoms. The molecule has 2 aromatic carbocycles. The smallest absolute Gasteiger partial charge is 0.352 e. The lowest BCUT2D eigenvalue weighted by Gasteiger charge is -2.26. The standard InChI is InChI=1S/C29H38N2O6/c1-34-28(32)25(27(30)29(33)35-2)16-17-26(37-24-10-5-3-6-11-24)22-12-14-23(15-13-22)36-21-9-20-31-18-7-4-8-19-31/h3,5-6,10-15,25-26,30H,4,7-9,16-21H2,1-2H3. The second kappa shape index (κ2) is 15.0. The maximum absolute atomic E-state index is 12.3. The minimum atomic E-state index is -1.04. The van der Waals surface area contributed by atoms with Crippen LogP contribution in [0.25, 0.3) is 0 Å². The number of carbonyl (C=O) groups excluding carboxylic acids is 2. The van der Waals surface area contributed by atoms with E-state index in [1.54, 1.807) is 0 Å². The van der Waals surface area contributed by atoms with E-state index in [9.17, 15) is 9.59 Å². The Hall–Kier alpha value is -3.39. The van der Waals surface area contributed by atoms with Crippen LogP contribution in [0.3, 0.4) is 0 Å². The molecule has 200 valence electrons. The van der Waals surface area contributed by atoms with Gasteiger partial charge in [0.15, 0.2) is 0 Å². The van der Waals surface area contributed by atoms with Crippen LogP contribution in [0.1, 0.15) is 50.2 Å². The van der Waals surface area contributed by atoms with E-state index < -0.39 is 29.7 Å². The van der Waals surface area contributed by atoms with Crippen molar-refractivity contribution >= 4 is 17.7 Å². The second-order valence-corrected chi connectivity index (χ2v) is 9.15. The van der Waals surface area contributed by atoms with E-state index >= 15 is 0 Å². The molecule has 37 heavy (non-hydrogen) atoms. The summed E-state index contributed by atoms with van der Waals surface area (Å²) < 4.78 is 21.7. The van der Waals surface area contributed by atoms with Crippen molar-refractivity contribution in [3.63, 3.8) is 0 Å². The Morgan fingerprint density at radius 3 is 2.24 bits per heavy atom. The first-order chi connectivity index (χ1) is 18.0. The first kappa shape index (κ1) is 28.2. The summed E-state index contributed by atoms with van der Waals surface area (Å²) in [5, 5.41) is 8.09. The number of likely N-dealkylation sites (tertiary alicyclic amines) is 1. The summed E-state index contributed by atoms with van der Waals surface area (Å²) in [4.78, 5) is 26.7. The Morgan fingerprint density at radius 1 is 0.892 bits per heavy atom. The maximum Gasteiger partial charge on any atom is 0.352 e. The van der Waals surface area contributed by atoms with Gasteiger partial charge < -0.3 is 23.8 Å². The van der Waals surface area contributed by atoms with Gasteiger partial charge in [0.25, 0.3) is 0 Å². The van der Waals surface area contributed by atoms with Crippen molar-refractivity contribution in [2.24, 2.45) is 5.92 Å². The molecule has 1 aliphatic rings. The zero-order valence-electron chi connectivity index (χ0n) is 21.8. The number of nitrogens with one attached hydrogen (secondary N) is 1. The molecule has 1 fully saturated rings. The summed E-state index contributed by atoms with van der Waals surface area (Å²) in [5.74, 6) is -1.06. The maximum atomic E-state index is 12.3. The number of carbonyl (C=O) groups is 2. The van der Waals surface area contributed by atoms with Crippen molar-refractivity contribution in [2.45, 2.75) is 44.6 Å². The molecule has 8 nitrogen and oxygen atoms in total. The summed E-state index contributed by atoms with van der Waals surface area (Å²) >= 11 is 0. The predicted molar refractivity (Wildman–Crippen MR) is 141 cm³/mol. The average Bonchev–Trinajstić information content (AvgIpc) is 2.95. The predicted octanol–water partition coefficient (Wildman–Crippen LogP) is 4.82. The van der Waals surface area contributed by atoms with Crippen LogP contribution in [-0.4, -0.2) is 63.0 Å². The molecule has 2 aromatic rings. The molecule has 1 aliphatic heterocycles. The minimum Gasteiger partial charge on any atom is -0.494 e. The van der Waals surface area contributed by atoms with Crippen LogP contribution in [0, 0.1) is 11.3 Å². The topological polar surface area (TPSA) is 98.2 Å². The van der Waals surface area contributed by atoms with Crippen LogP contribution in [0.5, 0.6) is 11.5 Å². The number of hydrogen-bond donors (Lipinski definition) is 1. The Balaban J connectivity index is 1.63. The molecule has 0 amide bonds. The van der Waals surface area contributed by atoms with Gasteiger partial charge in [0.2, 0.25) is 0 Å². The third-order valence-electron chi connectivity index (χ3n) is 6.57. The van der Waals surface area contributed by atoms with Crippen LogP contribution in [0.15, 0.2) is 54.6 Å². The molecule has 0 aromatic heterocycles. The minimum absolute atomic E-state index is 0.187. The number of rotatable bonds is 14. The molecule has 0 spiro atoms. The SMILES string of the molecule is COC(=O)C(=N)C(CCC(Oc1ccccc1)c1ccc(OCCCN2CCCCC2)cc1)C(=O)OC. The Labute approximate surface area is 219 Å². The van der Waals surface area contributed by atoms with Crippen LogP contribution in [0.2, 0.25) is 0 Å². The molecular formula is C29H38N2O6. The van der Waals surface area contributed by atoms with Gasteiger partial charge in [0, 0.05) is 6.54 Å². The fraction of sp³-hybridized carbons (Fsp3) is 0.483. The number of esters is 2. The zero-order valence-corrected chi connectivity index (χ0v) is 21.8. The lowest BCUT2D eigenvalue weighted by atomic mass is 9.93. The monoisotopic (exact) mass is 510 g/mol. The lowest BCUT2D eigenvalue weighted by Crippen LogP contribution is -2.32. The lowest BCUT2D eigenvalue weighted by molar-refractivity contribution is -0.145. The van der Waals surface area contributed by atoms with Gasteiger partial charge >= 0.3 is 11.9 Å². The summed E-state index contributed by atoms with van der Waals surface area (Å²) in [6.07, 6.45) is 5.07. The number of ether oxygens (including phenoxy) is 4. The molecule has 0 saturated carbocycles. The van der Waals surface area contributed by atoms with Crippen molar-refractivity contribution in [1.82, 2.24) is 4.90 Å². The first-order valence-electron chi connectivity index (χ1n) is 12.9. The Bertz CT molecular complexity index is 989. The highest BCUT2D eigenvalue weighted by Crippen LogP contribution is 2.29. The van der Waals surface area contributed by atoms with Gasteiger partial charge in [-0.05, 0) is 75.0 Å². The van der Waals surface area contributed by atoms with Gasteiger partial charge in [-0.1, -0.05) is 36.8 Å². The summed E-state index contributed by atoms with van der Waals surface area (Å²) in [6, 6.07) is 17.2. The van der Waals surface area contributed by atoms with Crippen molar-refractivity contribution < 1.29 is 28.5 Å². The van der Waals surface area contributed by atoms with Crippen LogP contribution in [0.4, 0.5) is 0 Å². The number of piperidine rings is 1. The Kier molecular flexibility index (Phi) is 11.4. The van der Waals surface area contributed by atoms with Crippen molar-refractivity contribution in [3.8, 4) is 11.5 Å². The van der Waals surface area contributed by atoms with Gasteiger partial charge in [-0.25, -0.2) is 4.79 Å². The average molecular weight is 511 g/mol. The van der Waals surface area contributed by atoms with Crippen molar-refractivity contribution in [3.05, 3.63) is 60.2 Å². The summed E-state index contributed by atoms with van der Waals surface area (Å²) in [7, 11) is 2.42. The van der Waals surface area contributed by atoms with E-state index in [-0.39, 0.29) is 6.42 Å². The van der Waals surface area contributed by atoms with Crippen molar-refractivity contribution in [2.75, 3.05) is 40.5 Å². The van der Waals surface area contributed by atoms with E-state index in [0.717, 1.165) is 24.3 Å². The van der Waals surface area contributed by atoms with Crippen LogP contribution in [-0.2, 0) is 19.1 Å². The quantitative estimate of drug-likeness (QED) is 0.221. The van der Waals surface area contributed by atoms with Crippen LogP contribution < -0.4 is 9.47 Å². The molecular weight excluding hydrogens is 472 g/mol. The van der Waals surface area contributed by atoms with E-state index in [2.05, 4.69) is 9.64 Å². The second-order valence-electron chi connectivity index (χ2n) is 9.15. The van der Waals surface area contributed by atoms with Crippen molar-refractivity contribution in [1.29, 1.82) is 5.41 Å². The van der Waals surface area contributed by atoms with Gasteiger partial charge in [-0.2, -0.15) is 0 Å². The largest absolute Gasteiger partial charge is 0.494 e. The number of benzene rings is 2. The fourth-order valence-corrected chi connectivity index (χ4v) is 4.49. The van der Waals surface area contributed by atoms with Gasteiger partial charge in [0.05, 0.1) is 20.8 Å². The molecule has 3 rings (SSSR count). The highest BCUT2D eigenvalue weighted by atomic mass is 16.5. The van der Waals surface area contributed by atoms with E-state index in [1.165, 1.54) is 46.6 Å². The summed E-state index contributed by atoms with van der Waals surface area (Å²) in [6.45, 7) is 4.10. The van der Waals surface area contributed by atoms with Gasteiger partial charge in [-0.3, -0.25) is 10.2 Å². The molecule has 8 heteroatoms. The van der Waals surface area contributed by atoms with Gasteiger partial charge in [-0.15, -0.1) is 0 Å². The number of methoxy groups -OCH3 is 2. The fourth-order valence-electron chi connectivity index (χ4n) is 4.49. The zero-order chi connectivity index (χ0) is 26.5. The van der Waals surface area contributed by atoms with E-state index in [1.807, 2.05) is 54.6 Å².